The van der Waals surface area contributed by atoms with Gasteiger partial charge in [0.25, 0.3) is 5.91 Å². The Balaban J connectivity index is 1.77. The van der Waals surface area contributed by atoms with E-state index in [-0.39, 0.29) is 48.4 Å². The molecule has 1 atom stereocenters. The van der Waals surface area contributed by atoms with Gasteiger partial charge in [-0.25, -0.2) is 17.2 Å². The van der Waals surface area contributed by atoms with Crippen LogP contribution in [0.2, 0.25) is 0 Å². The number of carbonyl (C=O) groups is 1. The van der Waals surface area contributed by atoms with E-state index in [2.05, 4.69) is 5.32 Å². The fourth-order valence-electron chi connectivity index (χ4n) is 2.93. The standard InChI is InChI=1S/C20H22F2N2O6S/c1-13(30-15-4-5-16(21)17(22)12-15)20(25)23-14-3-6-18(28-2)19(11-14)31(26,27)24-7-9-29-10-8-24/h3-6,11-13H,7-10H2,1-2H3,(H,23,25). The molecule has 0 aliphatic carbocycles. The number of carbonyl (C=O) groups excluding carboxylic acids is 1. The molecular formula is C20H22F2N2O6S. The van der Waals surface area contributed by atoms with E-state index >= 15 is 0 Å². The summed E-state index contributed by atoms with van der Waals surface area (Å²) in [6.07, 6.45) is -1.06. The number of benzene rings is 2. The Bertz CT molecular complexity index is 1060. The van der Waals surface area contributed by atoms with E-state index in [9.17, 15) is 22.0 Å². The molecule has 0 saturated carbocycles. The van der Waals surface area contributed by atoms with E-state index < -0.39 is 33.7 Å². The maximum absolute atomic E-state index is 13.3. The van der Waals surface area contributed by atoms with Crippen molar-refractivity contribution in [3.05, 3.63) is 48.0 Å². The highest BCUT2D eigenvalue weighted by Crippen LogP contribution is 2.30. The summed E-state index contributed by atoms with van der Waals surface area (Å²) in [6.45, 7) is 2.42. The molecule has 1 aliphatic heterocycles. The Hall–Kier alpha value is -2.76. The molecule has 0 radical (unpaired) electrons. The summed E-state index contributed by atoms with van der Waals surface area (Å²) in [5.41, 5.74) is 0.207. The van der Waals surface area contributed by atoms with Gasteiger partial charge in [0.1, 0.15) is 16.4 Å². The second kappa shape index (κ2) is 9.58. The molecule has 0 aromatic heterocycles. The zero-order chi connectivity index (χ0) is 22.6. The molecule has 2 aromatic rings. The molecule has 31 heavy (non-hydrogen) atoms. The van der Waals surface area contributed by atoms with E-state index in [1.807, 2.05) is 0 Å². The number of halogens is 2. The molecule has 2 aromatic carbocycles. The van der Waals surface area contributed by atoms with Gasteiger partial charge in [-0.3, -0.25) is 4.79 Å². The highest BCUT2D eigenvalue weighted by molar-refractivity contribution is 7.89. The number of nitrogens with zero attached hydrogens (tertiary/aromatic N) is 1. The number of ether oxygens (including phenoxy) is 3. The van der Waals surface area contributed by atoms with Crippen LogP contribution in [0.3, 0.4) is 0 Å². The van der Waals surface area contributed by atoms with E-state index in [1.165, 1.54) is 42.6 Å². The zero-order valence-corrected chi connectivity index (χ0v) is 17.7. The average molecular weight is 456 g/mol. The lowest BCUT2D eigenvalue weighted by Crippen LogP contribution is -2.40. The van der Waals surface area contributed by atoms with Crippen molar-refractivity contribution in [2.75, 3.05) is 38.7 Å². The van der Waals surface area contributed by atoms with E-state index in [1.54, 1.807) is 0 Å². The number of anilines is 1. The molecule has 8 nitrogen and oxygen atoms in total. The molecule has 3 rings (SSSR count). The quantitative estimate of drug-likeness (QED) is 0.688. The van der Waals surface area contributed by atoms with Crippen LogP contribution in [0.5, 0.6) is 11.5 Å². The van der Waals surface area contributed by atoms with Gasteiger partial charge in [-0.05, 0) is 37.3 Å². The minimum absolute atomic E-state index is 0.0214. The summed E-state index contributed by atoms with van der Waals surface area (Å²) in [5, 5.41) is 2.56. The monoisotopic (exact) mass is 456 g/mol. The highest BCUT2D eigenvalue weighted by atomic mass is 32.2. The number of nitrogens with one attached hydrogen (secondary N) is 1. The van der Waals surface area contributed by atoms with E-state index in [0.29, 0.717) is 0 Å². The van der Waals surface area contributed by atoms with Gasteiger partial charge >= 0.3 is 0 Å². The molecule has 1 fully saturated rings. The van der Waals surface area contributed by atoms with Gasteiger partial charge in [0.05, 0.1) is 20.3 Å². The van der Waals surface area contributed by atoms with E-state index in [4.69, 9.17) is 14.2 Å². The third-order valence-electron chi connectivity index (χ3n) is 4.59. The lowest BCUT2D eigenvalue weighted by atomic mass is 10.2. The number of methoxy groups -OCH3 is 1. The maximum Gasteiger partial charge on any atom is 0.265 e. The number of hydrogen-bond acceptors (Lipinski definition) is 6. The molecule has 0 bridgehead atoms. The summed E-state index contributed by atoms with van der Waals surface area (Å²) in [5.74, 6) is -2.62. The second-order valence-electron chi connectivity index (χ2n) is 6.71. The molecule has 168 valence electrons. The fraction of sp³-hybridized carbons (Fsp3) is 0.350. The third kappa shape index (κ3) is 5.30. The van der Waals surface area contributed by atoms with Crippen LogP contribution in [-0.4, -0.2) is 58.1 Å². The van der Waals surface area contributed by atoms with Crippen molar-refractivity contribution in [1.82, 2.24) is 4.31 Å². The summed E-state index contributed by atoms with van der Waals surface area (Å²) >= 11 is 0. The lowest BCUT2D eigenvalue weighted by Gasteiger charge is -2.27. The smallest absolute Gasteiger partial charge is 0.265 e. The van der Waals surface area contributed by atoms with Crippen molar-refractivity contribution < 1.29 is 36.2 Å². The predicted molar refractivity (Wildman–Crippen MR) is 108 cm³/mol. The first-order chi connectivity index (χ1) is 14.7. The Labute approximate surface area is 178 Å². The van der Waals surface area contributed by atoms with Gasteiger partial charge in [-0.15, -0.1) is 0 Å². The first-order valence-electron chi connectivity index (χ1n) is 9.41. The topological polar surface area (TPSA) is 94.2 Å². The molecule has 1 heterocycles. The largest absolute Gasteiger partial charge is 0.495 e. The number of hydrogen-bond donors (Lipinski definition) is 1. The van der Waals surface area contributed by atoms with Gasteiger partial charge in [-0.1, -0.05) is 0 Å². The normalized spacial score (nSPS) is 15.9. The minimum Gasteiger partial charge on any atom is -0.495 e. The maximum atomic E-state index is 13.3. The molecule has 1 unspecified atom stereocenters. The molecule has 1 aliphatic rings. The predicted octanol–water partition coefficient (Wildman–Crippen LogP) is 2.40. The van der Waals surface area contributed by atoms with Crippen LogP contribution >= 0.6 is 0 Å². The van der Waals surface area contributed by atoms with Crippen molar-refractivity contribution in [3.63, 3.8) is 0 Å². The average Bonchev–Trinajstić information content (AvgIpc) is 2.76. The lowest BCUT2D eigenvalue weighted by molar-refractivity contribution is -0.122. The SMILES string of the molecule is COc1ccc(NC(=O)C(C)Oc2ccc(F)c(F)c2)cc1S(=O)(=O)N1CCOCC1. The number of morpholine rings is 1. The molecule has 1 N–H and O–H groups in total. The first kappa shape index (κ1) is 22.9. The van der Waals surface area contributed by atoms with Crippen LogP contribution in [0.4, 0.5) is 14.5 Å². The molecule has 11 heteroatoms. The number of sulfonamides is 1. The fourth-order valence-corrected chi connectivity index (χ4v) is 4.52. The summed E-state index contributed by atoms with van der Waals surface area (Å²) in [6, 6.07) is 7.14. The Morgan fingerprint density at radius 3 is 2.48 bits per heavy atom. The summed E-state index contributed by atoms with van der Waals surface area (Å²) in [4.78, 5) is 12.4. The van der Waals surface area contributed by atoms with Gasteiger partial charge in [0.15, 0.2) is 17.7 Å². The van der Waals surface area contributed by atoms with Crippen molar-refractivity contribution in [1.29, 1.82) is 0 Å². The van der Waals surface area contributed by atoms with Gasteiger partial charge < -0.3 is 19.5 Å². The van der Waals surface area contributed by atoms with Crippen LogP contribution in [0.1, 0.15) is 6.92 Å². The first-order valence-corrected chi connectivity index (χ1v) is 10.8. The minimum atomic E-state index is -3.87. The summed E-state index contributed by atoms with van der Waals surface area (Å²) < 4.78 is 69.4. The van der Waals surface area contributed by atoms with Crippen molar-refractivity contribution >= 4 is 21.6 Å². The van der Waals surface area contributed by atoms with Crippen molar-refractivity contribution in [2.24, 2.45) is 0 Å². The number of rotatable bonds is 7. The third-order valence-corrected chi connectivity index (χ3v) is 6.51. The molecule has 0 spiro atoms. The Morgan fingerprint density at radius 1 is 1.13 bits per heavy atom. The zero-order valence-electron chi connectivity index (χ0n) is 16.9. The second-order valence-corrected chi connectivity index (χ2v) is 8.61. The summed E-state index contributed by atoms with van der Waals surface area (Å²) in [7, 11) is -2.52. The van der Waals surface area contributed by atoms with Crippen LogP contribution in [0, 0.1) is 11.6 Å². The van der Waals surface area contributed by atoms with Gasteiger partial charge in [0.2, 0.25) is 10.0 Å². The van der Waals surface area contributed by atoms with Crippen molar-refractivity contribution in [3.8, 4) is 11.5 Å². The Morgan fingerprint density at radius 2 is 1.84 bits per heavy atom. The Kier molecular flexibility index (Phi) is 7.08. The molecule has 1 saturated heterocycles. The number of amides is 1. The van der Waals surface area contributed by atoms with Crippen LogP contribution in [0.25, 0.3) is 0 Å². The van der Waals surface area contributed by atoms with Gasteiger partial charge in [-0.2, -0.15) is 4.31 Å². The van der Waals surface area contributed by atoms with Crippen LogP contribution in [0.15, 0.2) is 41.3 Å². The highest BCUT2D eigenvalue weighted by Gasteiger charge is 2.30. The van der Waals surface area contributed by atoms with Crippen LogP contribution < -0.4 is 14.8 Å². The van der Waals surface area contributed by atoms with Crippen molar-refractivity contribution in [2.45, 2.75) is 17.9 Å². The van der Waals surface area contributed by atoms with Crippen LogP contribution in [-0.2, 0) is 19.6 Å². The molecular weight excluding hydrogens is 434 g/mol. The van der Waals surface area contributed by atoms with E-state index in [0.717, 1.165) is 12.1 Å². The van der Waals surface area contributed by atoms with Gasteiger partial charge in [0, 0.05) is 24.8 Å². The molecule has 1 amide bonds.